The molecular weight excluding hydrogens is 352 g/mol. The van der Waals surface area contributed by atoms with Crippen molar-refractivity contribution in [3.63, 3.8) is 0 Å². The molecule has 1 saturated heterocycles. The van der Waals surface area contributed by atoms with Crippen LogP contribution in [0.3, 0.4) is 0 Å². The first-order valence-corrected chi connectivity index (χ1v) is 10.1. The fraction of sp³-hybridized carbons (Fsp3) is 0.444. The minimum atomic E-state index is -3.49. The van der Waals surface area contributed by atoms with Gasteiger partial charge in [-0.25, -0.2) is 8.42 Å². The second-order valence-electron chi connectivity index (χ2n) is 6.47. The summed E-state index contributed by atoms with van der Waals surface area (Å²) in [5, 5.41) is 12.1. The maximum absolute atomic E-state index is 12.8. The van der Waals surface area contributed by atoms with E-state index in [1.807, 2.05) is 13.0 Å². The molecule has 0 spiro atoms. The smallest absolute Gasteiger partial charge is 0.243 e. The van der Waals surface area contributed by atoms with Gasteiger partial charge in [-0.3, -0.25) is 0 Å². The second kappa shape index (κ2) is 7.48. The Morgan fingerprint density at radius 2 is 2.12 bits per heavy atom. The van der Waals surface area contributed by atoms with Gasteiger partial charge in [0.15, 0.2) is 0 Å². The number of aromatic nitrogens is 1. The largest absolute Gasteiger partial charge is 0.419 e. The zero-order valence-electron chi connectivity index (χ0n) is 14.9. The Morgan fingerprint density at radius 1 is 1.38 bits per heavy atom. The number of hydrogen-bond donors (Lipinski definition) is 1. The van der Waals surface area contributed by atoms with E-state index < -0.39 is 10.0 Å². The summed E-state index contributed by atoms with van der Waals surface area (Å²) in [6.07, 6.45) is 1.95. The molecule has 26 heavy (non-hydrogen) atoms. The predicted molar refractivity (Wildman–Crippen MR) is 98.0 cm³/mol. The van der Waals surface area contributed by atoms with Gasteiger partial charge >= 0.3 is 0 Å². The SMILES string of the molecule is CCNc1oc(-c2ccc(S(=O)(=O)N3CCCC(C)C3)cc2)nc1C#N. The molecule has 2 heterocycles. The summed E-state index contributed by atoms with van der Waals surface area (Å²) in [5.74, 6) is 0.982. The summed E-state index contributed by atoms with van der Waals surface area (Å²) >= 11 is 0. The van der Waals surface area contributed by atoms with Crippen LogP contribution in [0.1, 0.15) is 32.4 Å². The van der Waals surface area contributed by atoms with Gasteiger partial charge in [0.1, 0.15) is 6.07 Å². The van der Waals surface area contributed by atoms with E-state index in [4.69, 9.17) is 9.68 Å². The van der Waals surface area contributed by atoms with E-state index in [9.17, 15) is 8.42 Å². The average molecular weight is 374 g/mol. The molecule has 1 atom stereocenters. The second-order valence-corrected chi connectivity index (χ2v) is 8.41. The number of nitrogens with one attached hydrogen (secondary N) is 1. The monoisotopic (exact) mass is 374 g/mol. The van der Waals surface area contributed by atoms with Crippen molar-refractivity contribution in [3.05, 3.63) is 30.0 Å². The van der Waals surface area contributed by atoms with Crippen LogP contribution in [0.5, 0.6) is 0 Å². The van der Waals surface area contributed by atoms with Crippen molar-refractivity contribution < 1.29 is 12.8 Å². The molecule has 7 nitrogen and oxygen atoms in total. The zero-order valence-corrected chi connectivity index (χ0v) is 15.7. The normalized spacial score (nSPS) is 18.4. The van der Waals surface area contributed by atoms with Gasteiger partial charge in [-0.05, 0) is 49.9 Å². The van der Waals surface area contributed by atoms with Gasteiger partial charge in [-0.1, -0.05) is 6.92 Å². The third kappa shape index (κ3) is 3.59. The van der Waals surface area contributed by atoms with E-state index in [2.05, 4.69) is 17.2 Å². The molecule has 1 aromatic carbocycles. The molecule has 1 unspecified atom stereocenters. The Labute approximate surface area is 153 Å². The number of nitriles is 1. The molecule has 0 aliphatic carbocycles. The molecule has 1 aliphatic heterocycles. The first kappa shape index (κ1) is 18.4. The van der Waals surface area contributed by atoms with Crippen LogP contribution in [0.25, 0.3) is 11.5 Å². The van der Waals surface area contributed by atoms with Crippen molar-refractivity contribution in [2.24, 2.45) is 5.92 Å². The first-order chi connectivity index (χ1) is 12.5. The molecule has 138 valence electrons. The van der Waals surface area contributed by atoms with Crippen molar-refractivity contribution >= 4 is 15.9 Å². The van der Waals surface area contributed by atoms with Crippen molar-refractivity contribution in [1.82, 2.24) is 9.29 Å². The number of hydrogen-bond acceptors (Lipinski definition) is 6. The lowest BCUT2D eigenvalue weighted by Gasteiger charge is -2.30. The lowest BCUT2D eigenvalue weighted by atomic mass is 10.0. The fourth-order valence-corrected chi connectivity index (χ4v) is 4.68. The molecule has 8 heteroatoms. The minimum absolute atomic E-state index is 0.181. The standard InChI is InChI=1S/C18H22N4O3S/c1-3-20-18-16(11-19)21-17(25-18)14-6-8-15(9-7-14)26(23,24)22-10-4-5-13(2)12-22/h6-9,13,20H,3-5,10,12H2,1-2H3. The molecule has 1 aromatic heterocycles. The highest BCUT2D eigenvalue weighted by Gasteiger charge is 2.28. The Balaban J connectivity index is 1.86. The number of rotatable bonds is 5. The van der Waals surface area contributed by atoms with Crippen LogP contribution in [-0.4, -0.2) is 37.3 Å². The predicted octanol–water partition coefficient (Wildman–Crippen LogP) is 3.07. The van der Waals surface area contributed by atoms with E-state index in [1.54, 1.807) is 28.6 Å². The molecule has 1 fully saturated rings. The number of oxazole rings is 1. The summed E-state index contributed by atoms with van der Waals surface area (Å²) in [6, 6.07) is 8.42. The van der Waals surface area contributed by atoms with Gasteiger partial charge in [0, 0.05) is 25.2 Å². The van der Waals surface area contributed by atoms with Crippen LogP contribution in [0.15, 0.2) is 33.6 Å². The highest BCUT2D eigenvalue weighted by Crippen LogP contribution is 2.28. The maximum Gasteiger partial charge on any atom is 0.243 e. The third-order valence-corrected chi connectivity index (χ3v) is 6.31. The van der Waals surface area contributed by atoms with Gasteiger partial charge in [0.2, 0.25) is 27.5 Å². The van der Waals surface area contributed by atoms with Crippen LogP contribution in [0, 0.1) is 17.2 Å². The molecule has 1 aliphatic rings. The van der Waals surface area contributed by atoms with E-state index in [0.29, 0.717) is 37.0 Å². The fourth-order valence-electron chi connectivity index (χ4n) is 3.08. The zero-order chi connectivity index (χ0) is 18.7. The Morgan fingerprint density at radius 3 is 2.73 bits per heavy atom. The van der Waals surface area contributed by atoms with Crippen molar-refractivity contribution in [1.29, 1.82) is 5.26 Å². The minimum Gasteiger partial charge on any atom is -0.419 e. The number of nitrogens with zero attached hydrogens (tertiary/aromatic N) is 3. The number of sulfonamides is 1. The van der Waals surface area contributed by atoms with Gasteiger partial charge in [-0.15, -0.1) is 0 Å². The van der Waals surface area contributed by atoms with Gasteiger partial charge < -0.3 is 9.73 Å². The van der Waals surface area contributed by atoms with Crippen LogP contribution < -0.4 is 5.32 Å². The van der Waals surface area contributed by atoms with E-state index in [0.717, 1.165) is 12.8 Å². The molecule has 2 aromatic rings. The van der Waals surface area contributed by atoms with Crippen molar-refractivity contribution in [3.8, 4) is 17.5 Å². The molecule has 1 N–H and O–H groups in total. The number of benzene rings is 1. The maximum atomic E-state index is 12.8. The van der Waals surface area contributed by atoms with Crippen LogP contribution in [-0.2, 0) is 10.0 Å². The first-order valence-electron chi connectivity index (χ1n) is 8.71. The van der Waals surface area contributed by atoms with Gasteiger partial charge in [0.25, 0.3) is 0 Å². The van der Waals surface area contributed by atoms with E-state index in [1.165, 1.54) is 0 Å². The summed E-state index contributed by atoms with van der Waals surface area (Å²) < 4.78 is 32.7. The molecule has 0 amide bonds. The third-order valence-electron chi connectivity index (χ3n) is 4.43. The highest BCUT2D eigenvalue weighted by atomic mass is 32.2. The molecular formula is C18H22N4O3S. The summed E-state index contributed by atoms with van der Waals surface area (Å²) in [6.45, 7) is 5.69. The Hall–Kier alpha value is -2.37. The topological polar surface area (TPSA) is 99.2 Å². The average Bonchev–Trinajstić information content (AvgIpc) is 3.05. The Kier molecular flexibility index (Phi) is 5.30. The number of piperidine rings is 1. The molecule has 0 bridgehead atoms. The van der Waals surface area contributed by atoms with Crippen molar-refractivity contribution in [2.75, 3.05) is 25.0 Å². The van der Waals surface area contributed by atoms with Gasteiger partial charge in [0.05, 0.1) is 4.90 Å². The lowest BCUT2D eigenvalue weighted by molar-refractivity contribution is 0.281. The van der Waals surface area contributed by atoms with E-state index >= 15 is 0 Å². The molecule has 3 rings (SSSR count). The summed E-state index contributed by atoms with van der Waals surface area (Å²) in [5.41, 5.74) is 0.803. The van der Waals surface area contributed by atoms with Crippen LogP contribution in [0.4, 0.5) is 5.88 Å². The lowest BCUT2D eigenvalue weighted by Crippen LogP contribution is -2.39. The Bertz CT molecular complexity index is 913. The van der Waals surface area contributed by atoms with E-state index in [-0.39, 0.29) is 16.5 Å². The number of anilines is 1. The molecule has 0 saturated carbocycles. The summed E-state index contributed by atoms with van der Waals surface area (Å²) in [7, 11) is -3.49. The van der Waals surface area contributed by atoms with Crippen LogP contribution in [0.2, 0.25) is 0 Å². The summed E-state index contributed by atoms with van der Waals surface area (Å²) in [4.78, 5) is 4.42. The van der Waals surface area contributed by atoms with Crippen molar-refractivity contribution in [2.45, 2.75) is 31.6 Å². The van der Waals surface area contributed by atoms with Crippen LogP contribution >= 0.6 is 0 Å². The highest BCUT2D eigenvalue weighted by molar-refractivity contribution is 7.89. The quantitative estimate of drug-likeness (QED) is 0.863. The molecule has 0 radical (unpaired) electrons. The van der Waals surface area contributed by atoms with Gasteiger partial charge in [-0.2, -0.15) is 14.6 Å².